The van der Waals surface area contributed by atoms with Gasteiger partial charge in [-0.05, 0) is 36.2 Å². The second-order valence-corrected chi connectivity index (χ2v) is 7.56. The fourth-order valence-electron chi connectivity index (χ4n) is 5.22. The van der Waals surface area contributed by atoms with Gasteiger partial charge in [0.2, 0.25) is 5.91 Å². The van der Waals surface area contributed by atoms with Gasteiger partial charge in [-0.15, -0.1) is 0 Å². The van der Waals surface area contributed by atoms with E-state index in [1.807, 2.05) is 12.2 Å². The zero-order valence-electron chi connectivity index (χ0n) is 13.9. The molecule has 0 aromatic heterocycles. The van der Waals surface area contributed by atoms with E-state index in [1.165, 1.54) is 0 Å². The van der Waals surface area contributed by atoms with Gasteiger partial charge in [0.05, 0.1) is 27.7 Å². The highest BCUT2D eigenvalue weighted by atomic mass is 16.6. The van der Waals surface area contributed by atoms with Gasteiger partial charge in [-0.3, -0.25) is 35.2 Å². The smallest absolute Gasteiger partial charge is 0.273 e. The van der Waals surface area contributed by atoms with Crippen molar-refractivity contribution in [3.05, 3.63) is 50.6 Å². The predicted molar refractivity (Wildman–Crippen MR) is 90.1 cm³/mol. The Hall–Kier alpha value is -3.30. The van der Waals surface area contributed by atoms with E-state index in [-0.39, 0.29) is 28.8 Å². The normalized spacial score (nSPS) is 31.8. The van der Waals surface area contributed by atoms with Crippen molar-refractivity contribution >= 4 is 28.9 Å². The van der Waals surface area contributed by atoms with E-state index in [0.29, 0.717) is 0 Å². The highest BCUT2D eigenvalue weighted by Crippen LogP contribution is 2.72. The molecule has 4 atom stereocenters. The summed E-state index contributed by atoms with van der Waals surface area (Å²) in [7, 11) is 0. The van der Waals surface area contributed by atoms with E-state index in [1.54, 1.807) is 0 Å². The molecular formula is C17H14N4O6. The molecule has 0 radical (unpaired) electrons. The summed E-state index contributed by atoms with van der Waals surface area (Å²) < 4.78 is 0. The molecule has 5 rings (SSSR count). The SMILES string of the molecule is O=C1NN(c2ccc([N+](=O)[O-])cc2[N+](=O)[O-])C(=O)[C@H]2[C@H]1[C@@H]1C=C[C@@H]2C12CC2. The number of hydrogen-bond acceptors (Lipinski definition) is 6. The molecule has 0 unspecified atom stereocenters. The van der Waals surface area contributed by atoms with E-state index in [2.05, 4.69) is 5.43 Å². The van der Waals surface area contributed by atoms with Crippen LogP contribution in [-0.2, 0) is 9.59 Å². The lowest BCUT2D eigenvalue weighted by atomic mass is 9.80. The van der Waals surface area contributed by atoms with Gasteiger partial charge in [0.1, 0.15) is 5.69 Å². The number of carbonyl (C=O) groups excluding carboxylic acids is 2. The molecule has 2 amide bonds. The van der Waals surface area contributed by atoms with Crippen LogP contribution in [0.3, 0.4) is 0 Å². The number of amides is 2. The number of fused-ring (bicyclic) bond motifs is 3. The Bertz CT molecular complexity index is 968. The highest BCUT2D eigenvalue weighted by Gasteiger charge is 2.71. The minimum absolute atomic E-state index is 0.0141. The number of non-ortho nitro benzene ring substituents is 1. The van der Waals surface area contributed by atoms with Crippen molar-refractivity contribution in [2.75, 3.05) is 5.01 Å². The molecule has 2 saturated carbocycles. The van der Waals surface area contributed by atoms with Gasteiger partial charge in [-0.2, -0.15) is 0 Å². The molecule has 1 saturated heterocycles. The lowest BCUT2D eigenvalue weighted by molar-refractivity contribution is -0.393. The summed E-state index contributed by atoms with van der Waals surface area (Å²) in [6, 6.07) is 3.01. The van der Waals surface area contributed by atoms with Crippen molar-refractivity contribution < 1.29 is 19.4 Å². The maximum absolute atomic E-state index is 13.2. The van der Waals surface area contributed by atoms with Gasteiger partial charge in [-0.1, -0.05) is 12.2 Å². The van der Waals surface area contributed by atoms with Crippen LogP contribution < -0.4 is 10.4 Å². The molecule has 1 aromatic carbocycles. The molecule has 3 aliphatic carbocycles. The zero-order valence-corrected chi connectivity index (χ0v) is 13.9. The van der Waals surface area contributed by atoms with Crippen molar-refractivity contribution in [2.45, 2.75) is 12.8 Å². The lowest BCUT2D eigenvalue weighted by Crippen LogP contribution is -2.60. The molecule has 10 nitrogen and oxygen atoms in total. The Kier molecular flexibility index (Phi) is 2.89. The van der Waals surface area contributed by atoms with Crippen LogP contribution in [0.4, 0.5) is 17.1 Å². The van der Waals surface area contributed by atoms with Crippen molar-refractivity contribution in [1.29, 1.82) is 0 Å². The molecule has 138 valence electrons. The summed E-state index contributed by atoms with van der Waals surface area (Å²) in [5.74, 6) is -1.75. The first-order valence-electron chi connectivity index (χ1n) is 8.61. The third-order valence-electron chi connectivity index (χ3n) is 6.48. The van der Waals surface area contributed by atoms with Crippen molar-refractivity contribution in [3.63, 3.8) is 0 Å². The first-order valence-corrected chi connectivity index (χ1v) is 8.61. The fourth-order valence-corrected chi connectivity index (χ4v) is 5.22. The second kappa shape index (κ2) is 4.90. The largest absolute Gasteiger partial charge is 0.301 e. The summed E-state index contributed by atoms with van der Waals surface area (Å²) in [6.45, 7) is 0. The van der Waals surface area contributed by atoms with E-state index >= 15 is 0 Å². The predicted octanol–water partition coefficient (Wildman–Crippen LogP) is 1.71. The number of carbonyl (C=O) groups is 2. The number of rotatable bonds is 3. The van der Waals surface area contributed by atoms with Gasteiger partial charge in [0.15, 0.2) is 0 Å². The summed E-state index contributed by atoms with van der Waals surface area (Å²) in [6.07, 6.45) is 5.97. The number of allylic oxidation sites excluding steroid dienone is 2. The summed E-state index contributed by atoms with van der Waals surface area (Å²) in [5, 5.41) is 23.2. The number of anilines is 1. The molecule has 2 bridgehead atoms. The number of nitro benzene ring substituents is 2. The topological polar surface area (TPSA) is 136 Å². The van der Waals surface area contributed by atoms with Crippen LogP contribution in [0.25, 0.3) is 0 Å². The second-order valence-electron chi connectivity index (χ2n) is 7.56. The minimum Gasteiger partial charge on any atom is -0.273 e. The Morgan fingerprint density at radius 2 is 1.70 bits per heavy atom. The third kappa shape index (κ3) is 1.89. The molecule has 27 heavy (non-hydrogen) atoms. The first kappa shape index (κ1) is 15.9. The third-order valence-corrected chi connectivity index (χ3v) is 6.48. The van der Waals surface area contributed by atoms with Crippen molar-refractivity contribution in [1.82, 2.24) is 5.43 Å². The van der Waals surface area contributed by atoms with Crippen LogP contribution in [0.5, 0.6) is 0 Å². The summed E-state index contributed by atoms with van der Waals surface area (Å²) >= 11 is 0. The molecule has 3 fully saturated rings. The van der Waals surface area contributed by atoms with Crippen molar-refractivity contribution in [2.24, 2.45) is 29.1 Å². The molecule has 1 aliphatic heterocycles. The van der Waals surface area contributed by atoms with E-state index in [4.69, 9.17) is 0 Å². The first-order chi connectivity index (χ1) is 12.8. The van der Waals surface area contributed by atoms with Crippen LogP contribution in [0, 0.1) is 49.3 Å². The minimum atomic E-state index is -0.795. The number of nitrogens with one attached hydrogen (secondary N) is 1. The average Bonchev–Trinajstić information content (AvgIpc) is 3.30. The van der Waals surface area contributed by atoms with Crippen LogP contribution in [-0.4, -0.2) is 21.7 Å². The van der Waals surface area contributed by atoms with E-state index < -0.39 is 39.0 Å². The highest BCUT2D eigenvalue weighted by molar-refractivity contribution is 6.06. The van der Waals surface area contributed by atoms with Gasteiger partial charge in [0, 0.05) is 6.07 Å². The molecule has 1 spiro atoms. The van der Waals surface area contributed by atoms with Crippen LogP contribution >= 0.6 is 0 Å². The van der Waals surface area contributed by atoms with Gasteiger partial charge >= 0.3 is 5.69 Å². The standard InChI is InChI=1S/C17H14N4O6/c22-15-13-9-2-3-10(17(9)5-6-17)14(13)16(23)19(18-15)11-4-1-8(20(24)25)7-12(11)21(26)27/h1-4,7,9-10,13-14H,5-6H2,(H,18,22)/t9-,10-,13+,14+/m0/s1. The molecule has 1 aromatic rings. The maximum Gasteiger partial charge on any atom is 0.301 e. The summed E-state index contributed by atoms with van der Waals surface area (Å²) in [5.41, 5.74) is 1.24. The molecule has 10 heteroatoms. The maximum atomic E-state index is 13.2. The molecule has 1 N–H and O–H groups in total. The number of benzene rings is 1. The fraction of sp³-hybridized carbons (Fsp3) is 0.412. The van der Waals surface area contributed by atoms with Crippen LogP contribution in [0.2, 0.25) is 0 Å². The quantitative estimate of drug-likeness (QED) is 0.489. The van der Waals surface area contributed by atoms with Crippen molar-refractivity contribution in [3.8, 4) is 0 Å². The Morgan fingerprint density at radius 3 is 2.30 bits per heavy atom. The number of nitro groups is 2. The van der Waals surface area contributed by atoms with Crippen LogP contribution in [0.15, 0.2) is 30.4 Å². The monoisotopic (exact) mass is 370 g/mol. The van der Waals surface area contributed by atoms with Gasteiger partial charge in [0.25, 0.3) is 11.6 Å². The Labute approximate surface area is 152 Å². The van der Waals surface area contributed by atoms with E-state index in [0.717, 1.165) is 36.0 Å². The van der Waals surface area contributed by atoms with Gasteiger partial charge in [-0.25, -0.2) is 5.01 Å². The Balaban J connectivity index is 1.57. The van der Waals surface area contributed by atoms with Crippen LogP contribution in [0.1, 0.15) is 12.8 Å². The molecular weight excluding hydrogens is 356 g/mol. The van der Waals surface area contributed by atoms with Gasteiger partial charge < -0.3 is 0 Å². The average molecular weight is 370 g/mol. The number of nitrogens with zero attached hydrogens (tertiary/aromatic N) is 3. The molecule has 4 aliphatic rings. The van der Waals surface area contributed by atoms with E-state index in [9.17, 15) is 29.8 Å². The lowest BCUT2D eigenvalue weighted by Gasteiger charge is -2.37. The summed E-state index contributed by atoms with van der Waals surface area (Å²) in [4.78, 5) is 46.7. The number of hydrazine groups is 1. The number of hydrogen-bond donors (Lipinski definition) is 1. The zero-order chi connectivity index (χ0) is 19.1. The Morgan fingerprint density at radius 1 is 1.04 bits per heavy atom. The molecule has 1 heterocycles.